The highest BCUT2D eigenvalue weighted by atomic mass is 79.9. The van der Waals surface area contributed by atoms with Crippen molar-refractivity contribution in [3.63, 3.8) is 0 Å². The minimum Gasteiger partial charge on any atom is -0.315 e. The number of halogens is 1. The molecule has 0 radical (unpaired) electrons. The maximum Gasteiger partial charge on any atom is 0.252 e. The van der Waals surface area contributed by atoms with E-state index in [4.69, 9.17) is 0 Å². The van der Waals surface area contributed by atoms with Crippen molar-refractivity contribution in [1.29, 1.82) is 0 Å². The number of sulfonamides is 1. The molecule has 90 valence electrons. The van der Waals surface area contributed by atoms with Crippen LogP contribution in [0.25, 0.3) is 0 Å². The summed E-state index contributed by atoms with van der Waals surface area (Å²) < 4.78 is 27.2. The first-order chi connectivity index (χ1) is 7.51. The standard InChI is InChI=1S/C9H13BrN2O2S2/c1-12(7-4-5-11-6-7)16(13,14)9-3-2-8(10)15-9/h2-3,7,11H,4-6H2,1H3/t7-/m1/s1. The fourth-order valence-corrected chi connectivity index (χ4v) is 5.30. The van der Waals surface area contributed by atoms with Crippen LogP contribution in [0.4, 0.5) is 0 Å². The normalized spacial score (nSPS) is 21.8. The first kappa shape index (κ1) is 12.5. The van der Waals surface area contributed by atoms with Crippen molar-refractivity contribution in [2.75, 3.05) is 20.1 Å². The Balaban J connectivity index is 2.24. The Labute approximate surface area is 108 Å². The van der Waals surface area contributed by atoms with Gasteiger partial charge in [-0.3, -0.25) is 0 Å². The first-order valence-electron chi connectivity index (χ1n) is 4.96. The molecule has 0 bridgehead atoms. The van der Waals surface area contributed by atoms with Crippen molar-refractivity contribution in [2.45, 2.75) is 16.7 Å². The quantitative estimate of drug-likeness (QED) is 0.916. The van der Waals surface area contributed by atoms with Crippen LogP contribution in [-0.4, -0.2) is 38.9 Å². The first-order valence-corrected chi connectivity index (χ1v) is 8.01. The molecule has 2 heterocycles. The van der Waals surface area contributed by atoms with Crippen LogP contribution in [0.1, 0.15) is 6.42 Å². The van der Waals surface area contributed by atoms with Crippen LogP contribution in [0, 0.1) is 0 Å². The summed E-state index contributed by atoms with van der Waals surface area (Å²) in [7, 11) is -1.67. The monoisotopic (exact) mass is 324 g/mol. The summed E-state index contributed by atoms with van der Waals surface area (Å²) in [6.07, 6.45) is 0.877. The molecule has 7 heteroatoms. The molecule has 0 spiro atoms. The SMILES string of the molecule is CN([C@@H]1CCNC1)S(=O)(=O)c1ccc(Br)s1. The molecular formula is C9H13BrN2O2S2. The van der Waals surface area contributed by atoms with Crippen molar-refractivity contribution in [3.05, 3.63) is 15.9 Å². The number of likely N-dealkylation sites (N-methyl/N-ethyl adjacent to an activating group) is 1. The molecule has 1 aliphatic rings. The minimum absolute atomic E-state index is 0.0749. The zero-order valence-electron chi connectivity index (χ0n) is 8.81. The molecule has 0 unspecified atom stereocenters. The zero-order chi connectivity index (χ0) is 11.8. The molecule has 2 rings (SSSR count). The maximum absolute atomic E-state index is 12.2. The van der Waals surface area contributed by atoms with Gasteiger partial charge in [0.05, 0.1) is 3.79 Å². The minimum atomic E-state index is -3.32. The van der Waals surface area contributed by atoms with Crippen molar-refractivity contribution >= 4 is 37.3 Å². The molecule has 1 atom stereocenters. The molecule has 0 aliphatic carbocycles. The number of thiophene rings is 1. The predicted octanol–water partition coefficient (Wildman–Crippen LogP) is 1.49. The van der Waals surface area contributed by atoms with Gasteiger partial charge in [0, 0.05) is 19.6 Å². The van der Waals surface area contributed by atoms with E-state index in [1.165, 1.54) is 15.6 Å². The lowest BCUT2D eigenvalue weighted by Crippen LogP contribution is -2.37. The highest BCUT2D eigenvalue weighted by molar-refractivity contribution is 9.11. The number of hydrogen-bond donors (Lipinski definition) is 1. The highest BCUT2D eigenvalue weighted by Crippen LogP contribution is 2.29. The third-order valence-corrected chi connectivity index (χ3v) is 6.73. The van der Waals surface area contributed by atoms with Gasteiger partial charge >= 0.3 is 0 Å². The van der Waals surface area contributed by atoms with Gasteiger partial charge < -0.3 is 5.32 Å². The van der Waals surface area contributed by atoms with E-state index in [1.807, 2.05) is 0 Å². The van der Waals surface area contributed by atoms with Gasteiger partial charge in [0.15, 0.2) is 0 Å². The summed E-state index contributed by atoms with van der Waals surface area (Å²) in [6, 6.07) is 3.48. The fourth-order valence-electron chi connectivity index (χ4n) is 1.72. The van der Waals surface area contributed by atoms with E-state index in [0.29, 0.717) is 4.21 Å². The molecule has 1 aromatic rings. The van der Waals surface area contributed by atoms with E-state index in [1.54, 1.807) is 19.2 Å². The molecule has 16 heavy (non-hydrogen) atoms. The fraction of sp³-hybridized carbons (Fsp3) is 0.556. The second-order valence-corrected chi connectivity index (χ2v) is 8.41. The lowest BCUT2D eigenvalue weighted by atomic mass is 10.3. The van der Waals surface area contributed by atoms with E-state index in [-0.39, 0.29) is 6.04 Å². The molecule has 0 aromatic carbocycles. The van der Waals surface area contributed by atoms with E-state index in [0.717, 1.165) is 23.3 Å². The van der Waals surface area contributed by atoms with Crippen LogP contribution in [0.15, 0.2) is 20.1 Å². The van der Waals surface area contributed by atoms with Gasteiger partial charge in [0.2, 0.25) is 0 Å². The Bertz CT molecular complexity index is 466. The van der Waals surface area contributed by atoms with Crippen LogP contribution < -0.4 is 5.32 Å². The molecular weight excluding hydrogens is 312 g/mol. The lowest BCUT2D eigenvalue weighted by Gasteiger charge is -2.22. The van der Waals surface area contributed by atoms with Crippen LogP contribution in [0.3, 0.4) is 0 Å². The van der Waals surface area contributed by atoms with Gasteiger partial charge in [0.1, 0.15) is 4.21 Å². The maximum atomic E-state index is 12.2. The van der Waals surface area contributed by atoms with Gasteiger partial charge in [-0.15, -0.1) is 11.3 Å². The van der Waals surface area contributed by atoms with E-state index in [2.05, 4.69) is 21.2 Å². The van der Waals surface area contributed by atoms with E-state index < -0.39 is 10.0 Å². The van der Waals surface area contributed by atoms with Crippen molar-refractivity contribution in [3.8, 4) is 0 Å². The Morgan fingerprint density at radius 1 is 1.56 bits per heavy atom. The summed E-state index contributed by atoms with van der Waals surface area (Å²) in [5.74, 6) is 0. The predicted molar refractivity (Wildman–Crippen MR) is 68.2 cm³/mol. The van der Waals surface area contributed by atoms with Crippen molar-refractivity contribution < 1.29 is 8.42 Å². The molecule has 1 fully saturated rings. The number of nitrogens with zero attached hydrogens (tertiary/aromatic N) is 1. The molecule has 1 aromatic heterocycles. The molecule has 0 saturated carbocycles. The third-order valence-electron chi connectivity index (χ3n) is 2.73. The van der Waals surface area contributed by atoms with Crippen LogP contribution in [0.5, 0.6) is 0 Å². The van der Waals surface area contributed by atoms with E-state index >= 15 is 0 Å². The van der Waals surface area contributed by atoms with Crippen LogP contribution in [-0.2, 0) is 10.0 Å². The summed E-state index contributed by atoms with van der Waals surface area (Å²) in [5, 5.41) is 3.17. The average Bonchev–Trinajstić information content (AvgIpc) is 2.86. The summed E-state index contributed by atoms with van der Waals surface area (Å²) in [6.45, 7) is 1.63. The van der Waals surface area contributed by atoms with Gasteiger partial charge in [-0.05, 0) is 41.0 Å². The Kier molecular flexibility index (Phi) is 3.70. The van der Waals surface area contributed by atoms with E-state index in [9.17, 15) is 8.42 Å². The zero-order valence-corrected chi connectivity index (χ0v) is 12.0. The number of hydrogen-bond acceptors (Lipinski definition) is 4. The summed E-state index contributed by atoms with van der Waals surface area (Å²) in [5.41, 5.74) is 0. The smallest absolute Gasteiger partial charge is 0.252 e. The molecule has 4 nitrogen and oxygen atoms in total. The number of rotatable bonds is 3. The topological polar surface area (TPSA) is 49.4 Å². The van der Waals surface area contributed by atoms with Crippen molar-refractivity contribution in [2.24, 2.45) is 0 Å². The van der Waals surface area contributed by atoms with Gasteiger partial charge in [0.25, 0.3) is 10.0 Å². The van der Waals surface area contributed by atoms with Crippen LogP contribution in [0.2, 0.25) is 0 Å². The molecule has 1 aliphatic heterocycles. The number of nitrogens with one attached hydrogen (secondary N) is 1. The van der Waals surface area contributed by atoms with Crippen LogP contribution >= 0.6 is 27.3 Å². The third kappa shape index (κ3) is 2.33. The Morgan fingerprint density at radius 3 is 2.81 bits per heavy atom. The van der Waals surface area contributed by atoms with Gasteiger partial charge in [-0.25, -0.2) is 8.42 Å². The highest BCUT2D eigenvalue weighted by Gasteiger charge is 2.30. The van der Waals surface area contributed by atoms with Crippen molar-refractivity contribution in [1.82, 2.24) is 9.62 Å². The van der Waals surface area contributed by atoms with Gasteiger partial charge in [-0.1, -0.05) is 0 Å². The molecule has 1 saturated heterocycles. The molecule has 0 amide bonds. The van der Waals surface area contributed by atoms with Gasteiger partial charge in [-0.2, -0.15) is 4.31 Å². The largest absolute Gasteiger partial charge is 0.315 e. The second kappa shape index (κ2) is 4.73. The summed E-state index contributed by atoms with van der Waals surface area (Å²) in [4.78, 5) is 0. The summed E-state index contributed by atoms with van der Waals surface area (Å²) >= 11 is 4.53. The Hall–Kier alpha value is 0.0500. The lowest BCUT2D eigenvalue weighted by molar-refractivity contribution is 0.389. The average molecular weight is 325 g/mol. The second-order valence-electron chi connectivity index (χ2n) is 3.73. The molecule has 1 N–H and O–H groups in total. The Morgan fingerprint density at radius 2 is 2.31 bits per heavy atom.